The summed E-state index contributed by atoms with van der Waals surface area (Å²) in [6.45, 7) is 4.96. The summed E-state index contributed by atoms with van der Waals surface area (Å²) in [4.78, 5) is 12.3. The van der Waals surface area contributed by atoms with E-state index in [1.165, 1.54) is 12.1 Å². The normalized spacial score (nSPS) is 20.4. The van der Waals surface area contributed by atoms with E-state index in [9.17, 15) is 14.3 Å². The summed E-state index contributed by atoms with van der Waals surface area (Å²) in [7, 11) is 0. The number of phenolic OH excluding ortho intramolecular Hbond substituents is 1. The summed E-state index contributed by atoms with van der Waals surface area (Å²) >= 11 is 0. The van der Waals surface area contributed by atoms with E-state index in [0.717, 1.165) is 45.1 Å². The third kappa shape index (κ3) is 5.43. The number of hydrogen-bond donors (Lipinski definition) is 1. The number of carbonyl (C=O) groups excluding carboxylic acids is 1. The maximum absolute atomic E-state index is 14.0. The minimum absolute atomic E-state index is 0.0301. The van der Waals surface area contributed by atoms with Crippen molar-refractivity contribution in [1.82, 2.24) is 0 Å². The minimum atomic E-state index is -0.865. The second kappa shape index (κ2) is 9.76. The Hall–Kier alpha value is -1.62. The minimum Gasteiger partial charge on any atom is -0.504 e. The van der Waals surface area contributed by atoms with E-state index >= 15 is 0 Å². The predicted octanol–water partition coefficient (Wildman–Crippen LogP) is 4.88. The molecule has 0 saturated carbocycles. The van der Waals surface area contributed by atoms with Crippen LogP contribution in [0.3, 0.4) is 0 Å². The number of benzene rings is 1. The Morgan fingerprint density at radius 1 is 1.32 bits per heavy atom. The van der Waals surface area contributed by atoms with Crippen LogP contribution < -0.4 is 4.74 Å². The molecule has 4 nitrogen and oxygen atoms in total. The molecule has 2 unspecified atom stereocenters. The van der Waals surface area contributed by atoms with Gasteiger partial charge in [0.15, 0.2) is 17.3 Å². The Morgan fingerprint density at radius 3 is 2.76 bits per heavy atom. The molecular formula is C20H29FO4. The second-order valence-corrected chi connectivity index (χ2v) is 6.71. The first-order valence-corrected chi connectivity index (χ1v) is 9.35. The van der Waals surface area contributed by atoms with Gasteiger partial charge in [0.25, 0.3) is 0 Å². The summed E-state index contributed by atoms with van der Waals surface area (Å²) in [5.74, 6) is -1.25. The highest BCUT2D eigenvalue weighted by molar-refractivity contribution is 5.98. The monoisotopic (exact) mass is 352 g/mol. The molecule has 0 bridgehead atoms. The van der Waals surface area contributed by atoms with E-state index in [4.69, 9.17) is 9.47 Å². The fourth-order valence-electron chi connectivity index (χ4n) is 3.36. The maximum atomic E-state index is 14.0. The summed E-state index contributed by atoms with van der Waals surface area (Å²) in [6, 6.07) is 2.83. The first-order valence-electron chi connectivity index (χ1n) is 9.35. The van der Waals surface area contributed by atoms with Crippen molar-refractivity contribution >= 4 is 5.78 Å². The number of hydrogen-bond acceptors (Lipinski definition) is 4. The smallest absolute Gasteiger partial charge is 0.207 e. The number of aromatic hydroxyl groups is 1. The average molecular weight is 352 g/mol. The van der Waals surface area contributed by atoms with Crippen LogP contribution in [0.1, 0.15) is 69.2 Å². The lowest BCUT2D eigenvalue weighted by Crippen LogP contribution is -2.25. The summed E-state index contributed by atoms with van der Waals surface area (Å²) in [5, 5.41) is 9.91. The summed E-state index contributed by atoms with van der Waals surface area (Å²) < 4.78 is 24.9. The van der Waals surface area contributed by atoms with Crippen molar-refractivity contribution in [2.24, 2.45) is 5.92 Å². The Kier molecular flexibility index (Phi) is 7.69. The molecule has 0 spiro atoms. The zero-order valence-corrected chi connectivity index (χ0v) is 15.2. The van der Waals surface area contributed by atoms with Gasteiger partial charge in [-0.3, -0.25) is 4.79 Å². The molecule has 1 N–H and O–H groups in total. The molecule has 0 amide bonds. The number of halogens is 1. The van der Waals surface area contributed by atoms with Gasteiger partial charge in [-0.2, -0.15) is 4.39 Å². The van der Waals surface area contributed by atoms with E-state index in [0.29, 0.717) is 25.0 Å². The van der Waals surface area contributed by atoms with Crippen molar-refractivity contribution < 1.29 is 23.8 Å². The standard InChI is InChI=1S/C20H29FO4/c1-3-6-15-10-9-14(13-25-15)7-5-8-17(22)16-11-12-18(24-4-2)19(21)20(16)23/h11-12,14-15,23H,3-10,13H2,1-2H3. The maximum Gasteiger partial charge on any atom is 0.207 e. The number of carbonyl (C=O) groups is 1. The lowest BCUT2D eigenvalue weighted by molar-refractivity contribution is -0.0223. The van der Waals surface area contributed by atoms with Gasteiger partial charge in [0.1, 0.15) is 0 Å². The highest BCUT2D eigenvalue weighted by Crippen LogP contribution is 2.31. The highest BCUT2D eigenvalue weighted by Gasteiger charge is 2.22. The zero-order valence-electron chi connectivity index (χ0n) is 15.2. The molecule has 25 heavy (non-hydrogen) atoms. The van der Waals surface area contributed by atoms with E-state index in [2.05, 4.69) is 6.92 Å². The van der Waals surface area contributed by atoms with Crippen LogP contribution >= 0.6 is 0 Å². The van der Waals surface area contributed by atoms with Gasteiger partial charge >= 0.3 is 0 Å². The molecule has 0 radical (unpaired) electrons. The number of ether oxygens (including phenoxy) is 2. The highest BCUT2D eigenvalue weighted by atomic mass is 19.1. The molecule has 2 atom stereocenters. The third-order valence-electron chi connectivity index (χ3n) is 4.77. The number of Topliss-reactive ketones (excluding diaryl/α,β-unsaturated/α-hetero) is 1. The van der Waals surface area contributed by atoms with Crippen LogP contribution in [0.5, 0.6) is 11.5 Å². The fourth-order valence-corrected chi connectivity index (χ4v) is 3.36. The molecule has 1 aliphatic rings. The van der Waals surface area contributed by atoms with Crippen LogP contribution in [-0.2, 0) is 4.74 Å². The van der Waals surface area contributed by atoms with Gasteiger partial charge < -0.3 is 14.6 Å². The molecule has 0 aromatic heterocycles. The van der Waals surface area contributed by atoms with E-state index in [1.54, 1.807) is 6.92 Å². The van der Waals surface area contributed by atoms with Gasteiger partial charge in [0.05, 0.1) is 18.3 Å². The molecule has 1 fully saturated rings. The molecule has 140 valence electrons. The van der Waals surface area contributed by atoms with Crippen molar-refractivity contribution in [1.29, 1.82) is 0 Å². The Morgan fingerprint density at radius 2 is 2.12 bits per heavy atom. The van der Waals surface area contributed by atoms with Gasteiger partial charge in [0, 0.05) is 13.0 Å². The van der Waals surface area contributed by atoms with Gasteiger partial charge in [0.2, 0.25) is 5.82 Å². The Labute approximate surface area is 149 Å². The van der Waals surface area contributed by atoms with Crippen molar-refractivity contribution in [3.63, 3.8) is 0 Å². The predicted molar refractivity (Wildman–Crippen MR) is 94.8 cm³/mol. The van der Waals surface area contributed by atoms with Crippen molar-refractivity contribution in [3.05, 3.63) is 23.5 Å². The Bertz CT molecular complexity index is 565. The molecule has 2 rings (SSSR count). The second-order valence-electron chi connectivity index (χ2n) is 6.71. The van der Waals surface area contributed by atoms with Crippen LogP contribution in [0.15, 0.2) is 12.1 Å². The molecule has 0 aliphatic carbocycles. The van der Waals surface area contributed by atoms with Gasteiger partial charge in [-0.25, -0.2) is 0 Å². The van der Waals surface area contributed by atoms with Crippen molar-refractivity contribution in [3.8, 4) is 11.5 Å². The lowest BCUT2D eigenvalue weighted by atomic mass is 9.91. The molecule has 5 heteroatoms. The van der Waals surface area contributed by atoms with E-state index in [1.807, 2.05) is 0 Å². The topological polar surface area (TPSA) is 55.8 Å². The molecule has 1 heterocycles. The molecule has 1 aliphatic heterocycles. The zero-order chi connectivity index (χ0) is 18.2. The van der Waals surface area contributed by atoms with Gasteiger partial charge in [-0.1, -0.05) is 13.3 Å². The van der Waals surface area contributed by atoms with Crippen LogP contribution in [0, 0.1) is 11.7 Å². The van der Waals surface area contributed by atoms with Crippen LogP contribution in [-0.4, -0.2) is 30.2 Å². The largest absolute Gasteiger partial charge is 0.504 e. The van der Waals surface area contributed by atoms with Crippen molar-refractivity contribution in [2.75, 3.05) is 13.2 Å². The number of phenols is 1. The van der Waals surface area contributed by atoms with Crippen LogP contribution in [0.2, 0.25) is 0 Å². The molecular weight excluding hydrogens is 323 g/mol. The molecule has 1 aromatic carbocycles. The van der Waals surface area contributed by atoms with Crippen LogP contribution in [0.4, 0.5) is 4.39 Å². The average Bonchev–Trinajstić information content (AvgIpc) is 2.61. The molecule has 1 saturated heterocycles. The Balaban J connectivity index is 1.80. The number of rotatable bonds is 9. The summed E-state index contributed by atoms with van der Waals surface area (Å²) in [5.41, 5.74) is 0.0313. The van der Waals surface area contributed by atoms with Gasteiger partial charge in [-0.05, 0) is 57.1 Å². The molecule has 1 aromatic rings. The fraction of sp³-hybridized carbons (Fsp3) is 0.650. The SMILES string of the molecule is CCCC1CCC(CCCC(=O)c2ccc(OCC)c(F)c2O)CO1. The van der Waals surface area contributed by atoms with Crippen molar-refractivity contribution in [2.45, 2.75) is 64.9 Å². The first-order chi connectivity index (χ1) is 12.1. The first kappa shape index (κ1) is 19.7. The van der Waals surface area contributed by atoms with E-state index < -0.39 is 11.6 Å². The third-order valence-corrected chi connectivity index (χ3v) is 4.77. The number of ketones is 1. The van der Waals surface area contributed by atoms with Gasteiger partial charge in [-0.15, -0.1) is 0 Å². The quantitative estimate of drug-likeness (QED) is 0.644. The summed E-state index contributed by atoms with van der Waals surface area (Å²) in [6.07, 6.45) is 6.84. The van der Waals surface area contributed by atoms with Crippen LogP contribution in [0.25, 0.3) is 0 Å². The lowest BCUT2D eigenvalue weighted by Gasteiger charge is -2.28. The van der Waals surface area contributed by atoms with E-state index in [-0.39, 0.29) is 17.1 Å².